The highest BCUT2D eigenvalue weighted by Gasteiger charge is 2.28. The van der Waals surface area contributed by atoms with E-state index in [1.165, 1.54) is 43.3 Å². The van der Waals surface area contributed by atoms with E-state index in [4.69, 9.17) is 16.3 Å². The third-order valence-electron chi connectivity index (χ3n) is 4.25. The lowest BCUT2D eigenvalue weighted by Gasteiger charge is -2.35. The number of fused-ring (bicyclic) bond motifs is 1. The summed E-state index contributed by atoms with van der Waals surface area (Å²) in [5.41, 5.74) is 2.61. The lowest BCUT2D eigenvalue weighted by molar-refractivity contribution is 0.143. The van der Waals surface area contributed by atoms with Gasteiger partial charge in [-0.2, -0.15) is 0 Å². The Hall–Kier alpha value is -0.470. The van der Waals surface area contributed by atoms with Gasteiger partial charge in [0.15, 0.2) is 0 Å². The smallest absolute Gasteiger partial charge is 0.108 e. The quantitative estimate of drug-likeness (QED) is 0.724. The van der Waals surface area contributed by atoms with E-state index in [9.17, 15) is 0 Å². The number of rotatable bonds is 1. The predicted octanol–water partition coefficient (Wildman–Crippen LogP) is 3.34. The molecular formula is C14H20ClNO. The molecule has 1 aliphatic carbocycles. The molecule has 3 rings (SSSR count). The van der Waals surface area contributed by atoms with Gasteiger partial charge >= 0.3 is 0 Å². The van der Waals surface area contributed by atoms with Gasteiger partial charge in [0.2, 0.25) is 0 Å². The van der Waals surface area contributed by atoms with Crippen molar-refractivity contribution in [2.24, 2.45) is 5.92 Å². The molecule has 0 radical (unpaired) electrons. The summed E-state index contributed by atoms with van der Waals surface area (Å²) in [6.07, 6.45) is 10.3. The van der Waals surface area contributed by atoms with Gasteiger partial charge in [-0.25, -0.2) is 0 Å². The minimum atomic E-state index is 0.458. The van der Waals surface area contributed by atoms with Gasteiger partial charge in [0.05, 0.1) is 13.2 Å². The number of dihydropyridines is 1. The van der Waals surface area contributed by atoms with E-state index in [0.717, 1.165) is 24.1 Å². The summed E-state index contributed by atoms with van der Waals surface area (Å²) in [4.78, 5) is 0. The normalized spacial score (nSPS) is 30.6. The van der Waals surface area contributed by atoms with Gasteiger partial charge in [-0.15, -0.1) is 0 Å². The molecule has 0 spiro atoms. The molecule has 1 N–H and O–H groups in total. The maximum atomic E-state index is 6.35. The van der Waals surface area contributed by atoms with E-state index in [-0.39, 0.29) is 0 Å². The Bertz CT molecular complexity index is 355. The Morgan fingerprint density at radius 3 is 2.88 bits per heavy atom. The van der Waals surface area contributed by atoms with Crippen LogP contribution in [0.2, 0.25) is 0 Å². The van der Waals surface area contributed by atoms with Crippen molar-refractivity contribution in [2.45, 2.75) is 44.6 Å². The van der Waals surface area contributed by atoms with E-state index in [1.54, 1.807) is 0 Å². The van der Waals surface area contributed by atoms with E-state index >= 15 is 0 Å². The molecule has 2 heterocycles. The maximum absolute atomic E-state index is 6.35. The molecule has 1 atom stereocenters. The van der Waals surface area contributed by atoms with Crippen LogP contribution in [0.25, 0.3) is 0 Å². The first kappa shape index (κ1) is 11.6. The van der Waals surface area contributed by atoms with Crippen molar-refractivity contribution < 1.29 is 4.74 Å². The molecule has 0 amide bonds. The summed E-state index contributed by atoms with van der Waals surface area (Å²) in [6, 6.07) is 0.458. The van der Waals surface area contributed by atoms with Gasteiger partial charge in [-0.3, -0.25) is 0 Å². The SMILES string of the molecule is ClC1=C2COCCC2=CC(C2CCCCC2)N1. The fourth-order valence-corrected chi connectivity index (χ4v) is 3.53. The number of nitrogens with one attached hydrogen (secondary N) is 1. The van der Waals surface area contributed by atoms with Gasteiger partial charge in [-0.05, 0) is 30.8 Å². The fraction of sp³-hybridized carbons (Fsp3) is 0.714. The number of hydrogen-bond acceptors (Lipinski definition) is 2. The summed E-state index contributed by atoms with van der Waals surface area (Å²) in [6.45, 7) is 1.52. The molecule has 0 aromatic rings. The molecule has 0 bridgehead atoms. The van der Waals surface area contributed by atoms with Crippen LogP contribution in [0.3, 0.4) is 0 Å². The van der Waals surface area contributed by atoms with Crippen molar-refractivity contribution in [1.29, 1.82) is 0 Å². The van der Waals surface area contributed by atoms with E-state index in [1.807, 2.05) is 0 Å². The monoisotopic (exact) mass is 253 g/mol. The summed E-state index contributed by atoms with van der Waals surface area (Å²) in [7, 11) is 0. The average molecular weight is 254 g/mol. The lowest BCUT2D eigenvalue weighted by atomic mass is 9.81. The zero-order valence-electron chi connectivity index (χ0n) is 10.2. The van der Waals surface area contributed by atoms with Gasteiger partial charge < -0.3 is 10.1 Å². The van der Waals surface area contributed by atoms with Crippen LogP contribution in [0.4, 0.5) is 0 Å². The standard InChI is InChI=1S/C14H20ClNO/c15-14-12-9-17-7-6-11(12)8-13(16-14)10-4-2-1-3-5-10/h8,10,13,16H,1-7,9H2. The molecule has 94 valence electrons. The third-order valence-corrected chi connectivity index (χ3v) is 4.58. The van der Waals surface area contributed by atoms with Crippen molar-refractivity contribution in [3.63, 3.8) is 0 Å². The summed E-state index contributed by atoms with van der Waals surface area (Å²) < 4.78 is 5.47. The summed E-state index contributed by atoms with van der Waals surface area (Å²) in [5.74, 6) is 0.773. The second kappa shape index (κ2) is 5.03. The molecule has 2 nitrogen and oxygen atoms in total. The van der Waals surface area contributed by atoms with Crippen LogP contribution in [-0.2, 0) is 4.74 Å². The summed E-state index contributed by atoms with van der Waals surface area (Å²) in [5, 5.41) is 4.31. The van der Waals surface area contributed by atoms with Crippen molar-refractivity contribution >= 4 is 11.6 Å². The van der Waals surface area contributed by atoms with Gasteiger partial charge in [0.1, 0.15) is 5.16 Å². The van der Waals surface area contributed by atoms with Gasteiger partial charge in [0.25, 0.3) is 0 Å². The second-order valence-electron chi connectivity index (χ2n) is 5.36. The Morgan fingerprint density at radius 2 is 2.06 bits per heavy atom. The Balaban J connectivity index is 1.76. The number of ether oxygens (including phenoxy) is 1. The lowest BCUT2D eigenvalue weighted by Crippen LogP contribution is -2.38. The van der Waals surface area contributed by atoms with Crippen LogP contribution in [0, 0.1) is 5.92 Å². The maximum Gasteiger partial charge on any atom is 0.108 e. The highest BCUT2D eigenvalue weighted by Crippen LogP contribution is 2.34. The van der Waals surface area contributed by atoms with Gasteiger partial charge in [-0.1, -0.05) is 36.9 Å². The predicted molar refractivity (Wildman–Crippen MR) is 69.9 cm³/mol. The van der Waals surface area contributed by atoms with Gasteiger partial charge in [0, 0.05) is 11.6 Å². The second-order valence-corrected chi connectivity index (χ2v) is 5.73. The van der Waals surface area contributed by atoms with Crippen LogP contribution in [0.1, 0.15) is 38.5 Å². The van der Waals surface area contributed by atoms with E-state index < -0.39 is 0 Å². The number of hydrogen-bond donors (Lipinski definition) is 1. The largest absolute Gasteiger partial charge is 0.376 e. The first-order valence-corrected chi connectivity index (χ1v) is 7.16. The number of halogens is 1. The molecule has 1 saturated carbocycles. The molecule has 3 heteroatoms. The molecule has 0 aromatic carbocycles. The molecule has 1 unspecified atom stereocenters. The van der Waals surface area contributed by atoms with Crippen molar-refractivity contribution in [1.82, 2.24) is 5.32 Å². The third kappa shape index (κ3) is 2.38. The summed E-state index contributed by atoms with van der Waals surface area (Å²) >= 11 is 6.35. The average Bonchev–Trinajstić information content (AvgIpc) is 2.40. The van der Waals surface area contributed by atoms with E-state index in [0.29, 0.717) is 12.6 Å². The van der Waals surface area contributed by atoms with Crippen LogP contribution < -0.4 is 5.32 Å². The topological polar surface area (TPSA) is 21.3 Å². The molecule has 3 aliphatic rings. The van der Waals surface area contributed by atoms with Crippen LogP contribution >= 0.6 is 11.6 Å². The molecule has 17 heavy (non-hydrogen) atoms. The zero-order valence-corrected chi connectivity index (χ0v) is 10.9. The van der Waals surface area contributed by atoms with Crippen LogP contribution in [0.15, 0.2) is 22.4 Å². The van der Waals surface area contributed by atoms with Crippen molar-refractivity contribution in [2.75, 3.05) is 13.2 Å². The fourth-order valence-electron chi connectivity index (χ4n) is 3.23. The molecule has 2 fully saturated rings. The Labute approximate surface area is 108 Å². The minimum Gasteiger partial charge on any atom is -0.376 e. The first-order valence-electron chi connectivity index (χ1n) is 6.78. The first-order chi connectivity index (χ1) is 8.34. The Kier molecular flexibility index (Phi) is 3.44. The highest BCUT2D eigenvalue weighted by atomic mass is 35.5. The minimum absolute atomic E-state index is 0.458. The molecule has 0 aromatic heterocycles. The molecular weight excluding hydrogens is 234 g/mol. The Morgan fingerprint density at radius 1 is 1.24 bits per heavy atom. The van der Waals surface area contributed by atoms with Crippen LogP contribution in [0.5, 0.6) is 0 Å². The zero-order chi connectivity index (χ0) is 11.7. The van der Waals surface area contributed by atoms with Crippen molar-refractivity contribution in [3.05, 3.63) is 22.4 Å². The van der Waals surface area contributed by atoms with Crippen molar-refractivity contribution in [3.8, 4) is 0 Å². The highest BCUT2D eigenvalue weighted by molar-refractivity contribution is 6.30. The van der Waals surface area contributed by atoms with Crippen LogP contribution in [-0.4, -0.2) is 19.3 Å². The van der Waals surface area contributed by atoms with E-state index in [2.05, 4.69) is 11.4 Å². The molecule has 1 saturated heterocycles. The molecule has 2 aliphatic heterocycles.